The second-order valence-electron chi connectivity index (χ2n) is 5.07. The predicted octanol–water partition coefficient (Wildman–Crippen LogP) is 4.79. The number of rotatable bonds is 9. The highest BCUT2D eigenvalue weighted by atomic mass is 79.9. The molecular weight excluding hydrogens is 352 g/mol. The Kier molecular flexibility index (Phi) is 7.00. The van der Waals surface area contributed by atoms with Crippen molar-refractivity contribution in [3.63, 3.8) is 0 Å². The molecule has 1 heterocycles. The first-order chi connectivity index (χ1) is 10.3. The van der Waals surface area contributed by atoms with Crippen LogP contribution in [-0.4, -0.2) is 28.6 Å². The quantitative estimate of drug-likeness (QED) is 0.467. The van der Waals surface area contributed by atoms with Crippen LogP contribution in [0.5, 0.6) is 0 Å². The summed E-state index contributed by atoms with van der Waals surface area (Å²) < 4.78 is 8.96. The maximum atomic E-state index is 5.90. The summed E-state index contributed by atoms with van der Waals surface area (Å²) in [6, 6.07) is 6.23. The van der Waals surface area contributed by atoms with Gasteiger partial charge in [0.2, 0.25) is 0 Å². The number of hydrogen-bond donors (Lipinski definition) is 0. The van der Waals surface area contributed by atoms with Crippen LogP contribution in [0, 0.1) is 0 Å². The molecular formula is C16H22BrClN2O. The van der Waals surface area contributed by atoms with E-state index < -0.39 is 0 Å². The van der Waals surface area contributed by atoms with Crippen molar-refractivity contribution in [3.8, 4) is 0 Å². The monoisotopic (exact) mass is 372 g/mol. The summed E-state index contributed by atoms with van der Waals surface area (Å²) >= 11 is 9.40. The third-order valence-corrected chi connectivity index (χ3v) is 4.10. The van der Waals surface area contributed by atoms with E-state index in [1.54, 1.807) is 0 Å². The van der Waals surface area contributed by atoms with E-state index in [4.69, 9.17) is 21.3 Å². The lowest BCUT2D eigenvalue weighted by atomic mass is 10.3. The van der Waals surface area contributed by atoms with Gasteiger partial charge in [0.25, 0.3) is 0 Å². The number of imidazole rings is 1. The molecule has 0 aliphatic rings. The molecule has 5 heteroatoms. The Labute approximate surface area is 139 Å². The highest BCUT2D eigenvalue weighted by Crippen LogP contribution is 2.21. The molecule has 21 heavy (non-hydrogen) atoms. The molecule has 0 amide bonds. The first-order valence-electron chi connectivity index (χ1n) is 7.54. The maximum absolute atomic E-state index is 5.90. The predicted molar refractivity (Wildman–Crippen MR) is 92.2 cm³/mol. The van der Waals surface area contributed by atoms with Crippen LogP contribution in [0.25, 0.3) is 11.0 Å². The van der Waals surface area contributed by atoms with Crippen molar-refractivity contribution in [1.29, 1.82) is 0 Å². The molecule has 0 bridgehead atoms. The lowest BCUT2D eigenvalue weighted by molar-refractivity contribution is 0.126. The number of hydrogen-bond acceptors (Lipinski definition) is 2. The van der Waals surface area contributed by atoms with Crippen molar-refractivity contribution >= 4 is 38.6 Å². The number of aryl methyl sites for hydroxylation is 2. The van der Waals surface area contributed by atoms with Gasteiger partial charge in [-0.3, -0.25) is 0 Å². The first kappa shape index (κ1) is 16.8. The fourth-order valence-electron chi connectivity index (χ4n) is 2.35. The Hall–Kier alpha value is -0.580. The minimum Gasteiger partial charge on any atom is -0.381 e. The molecule has 2 rings (SSSR count). The van der Waals surface area contributed by atoms with Crippen LogP contribution < -0.4 is 0 Å². The number of aromatic nitrogens is 2. The second kappa shape index (κ2) is 8.76. The highest BCUT2D eigenvalue weighted by molar-refractivity contribution is 9.10. The minimum atomic E-state index is 0.595. The Morgan fingerprint density at radius 2 is 2.10 bits per heavy atom. The van der Waals surface area contributed by atoms with E-state index in [0.717, 1.165) is 54.8 Å². The van der Waals surface area contributed by atoms with Crippen LogP contribution in [0.15, 0.2) is 22.7 Å². The second-order valence-corrected chi connectivity index (χ2v) is 6.36. The Balaban J connectivity index is 2.04. The van der Waals surface area contributed by atoms with Gasteiger partial charge < -0.3 is 9.30 Å². The zero-order valence-electron chi connectivity index (χ0n) is 12.4. The van der Waals surface area contributed by atoms with E-state index in [2.05, 4.69) is 45.6 Å². The Morgan fingerprint density at radius 1 is 1.29 bits per heavy atom. The standard InChI is InChI=1S/C16H22BrClN2O/c1-2-3-10-21-11-4-9-20-15-6-5-13(17)12-14(15)19-16(20)7-8-18/h5-6,12H,2-4,7-11H2,1H3. The van der Waals surface area contributed by atoms with Gasteiger partial charge in [-0.05, 0) is 31.0 Å². The fourth-order valence-corrected chi connectivity index (χ4v) is 2.87. The largest absolute Gasteiger partial charge is 0.381 e. The van der Waals surface area contributed by atoms with E-state index in [0.29, 0.717) is 5.88 Å². The molecule has 0 N–H and O–H groups in total. The van der Waals surface area contributed by atoms with Crippen molar-refractivity contribution < 1.29 is 4.74 Å². The highest BCUT2D eigenvalue weighted by Gasteiger charge is 2.10. The molecule has 0 fully saturated rings. The van der Waals surface area contributed by atoms with Gasteiger partial charge in [-0.25, -0.2) is 4.98 Å². The molecule has 3 nitrogen and oxygen atoms in total. The molecule has 0 unspecified atom stereocenters. The minimum absolute atomic E-state index is 0.595. The molecule has 0 saturated carbocycles. The molecule has 0 spiro atoms. The molecule has 0 saturated heterocycles. The molecule has 1 aromatic heterocycles. The van der Waals surface area contributed by atoms with Gasteiger partial charge in [-0.15, -0.1) is 11.6 Å². The zero-order chi connectivity index (χ0) is 15.1. The van der Waals surface area contributed by atoms with Crippen LogP contribution >= 0.6 is 27.5 Å². The number of benzene rings is 1. The summed E-state index contributed by atoms with van der Waals surface area (Å²) in [4.78, 5) is 4.70. The van der Waals surface area contributed by atoms with E-state index in [1.165, 1.54) is 11.9 Å². The average Bonchev–Trinajstić information content (AvgIpc) is 2.80. The SMILES string of the molecule is CCCCOCCCn1c(CCCl)nc2cc(Br)ccc21. The molecule has 116 valence electrons. The van der Waals surface area contributed by atoms with Gasteiger partial charge in [0.15, 0.2) is 0 Å². The Morgan fingerprint density at radius 3 is 2.86 bits per heavy atom. The summed E-state index contributed by atoms with van der Waals surface area (Å²) in [6.07, 6.45) is 4.12. The van der Waals surface area contributed by atoms with Gasteiger partial charge in [-0.2, -0.15) is 0 Å². The van der Waals surface area contributed by atoms with Crippen LogP contribution in [-0.2, 0) is 17.7 Å². The number of nitrogens with zero attached hydrogens (tertiary/aromatic N) is 2. The van der Waals surface area contributed by atoms with Gasteiger partial charge in [0.1, 0.15) is 5.82 Å². The van der Waals surface area contributed by atoms with Crippen LogP contribution in [0.1, 0.15) is 32.0 Å². The summed E-state index contributed by atoms with van der Waals surface area (Å²) in [5.41, 5.74) is 2.20. The molecule has 2 aromatic rings. The van der Waals surface area contributed by atoms with Crippen LogP contribution in [0.4, 0.5) is 0 Å². The number of unbranched alkanes of at least 4 members (excludes halogenated alkanes) is 1. The van der Waals surface area contributed by atoms with E-state index in [1.807, 2.05) is 0 Å². The zero-order valence-corrected chi connectivity index (χ0v) is 14.8. The molecule has 0 aliphatic carbocycles. The smallest absolute Gasteiger partial charge is 0.111 e. The van der Waals surface area contributed by atoms with Gasteiger partial charge in [0, 0.05) is 36.5 Å². The van der Waals surface area contributed by atoms with E-state index >= 15 is 0 Å². The molecule has 0 aliphatic heterocycles. The van der Waals surface area contributed by atoms with Gasteiger partial charge in [0.05, 0.1) is 11.0 Å². The van der Waals surface area contributed by atoms with Crippen molar-refractivity contribution in [2.75, 3.05) is 19.1 Å². The third-order valence-electron chi connectivity index (χ3n) is 3.42. The lowest BCUT2D eigenvalue weighted by Crippen LogP contribution is -2.07. The topological polar surface area (TPSA) is 27.1 Å². The fraction of sp³-hybridized carbons (Fsp3) is 0.562. The Bertz CT molecular complexity index is 571. The first-order valence-corrected chi connectivity index (χ1v) is 8.87. The number of fused-ring (bicyclic) bond motifs is 1. The van der Waals surface area contributed by atoms with Crippen molar-refractivity contribution in [1.82, 2.24) is 9.55 Å². The van der Waals surface area contributed by atoms with Crippen molar-refractivity contribution in [3.05, 3.63) is 28.5 Å². The average molecular weight is 374 g/mol. The van der Waals surface area contributed by atoms with Gasteiger partial charge in [-0.1, -0.05) is 29.3 Å². The summed E-state index contributed by atoms with van der Waals surface area (Å²) in [7, 11) is 0. The van der Waals surface area contributed by atoms with Crippen LogP contribution in [0.2, 0.25) is 0 Å². The number of halogens is 2. The van der Waals surface area contributed by atoms with E-state index in [9.17, 15) is 0 Å². The number of ether oxygens (including phenoxy) is 1. The summed E-state index contributed by atoms with van der Waals surface area (Å²) in [6.45, 7) is 4.77. The van der Waals surface area contributed by atoms with Crippen LogP contribution in [0.3, 0.4) is 0 Å². The molecule has 0 atom stereocenters. The number of alkyl halides is 1. The molecule has 0 radical (unpaired) electrons. The lowest BCUT2D eigenvalue weighted by Gasteiger charge is -2.09. The third kappa shape index (κ3) is 4.70. The maximum Gasteiger partial charge on any atom is 0.111 e. The normalized spacial score (nSPS) is 11.4. The summed E-state index contributed by atoms with van der Waals surface area (Å²) in [5.74, 6) is 1.66. The van der Waals surface area contributed by atoms with Gasteiger partial charge >= 0.3 is 0 Å². The van der Waals surface area contributed by atoms with E-state index in [-0.39, 0.29) is 0 Å². The summed E-state index contributed by atoms with van der Waals surface area (Å²) in [5, 5.41) is 0. The van der Waals surface area contributed by atoms with Crippen molar-refractivity contribution in [2.45, 2.75) is 39.2 Å². The van der Waals surface area contributed by atoms with Crippen molar-refractivity contribution in [2.24, 2.45) is 0 Å². The molecule has 1 aromatic carbocycles.